The molecule has 0 aromatic carbocycles. The third kappa shape index (κ3) is 3.35. The van der Waals surface area contributed by atoms with E-state index in [9.17, 15) is 4.79 Å². The molecule has 1 unspecified atom stereocenters. The molecule has 1 N–H and O–H groups in total. The summed E-state index contributed by atoms with van der Waals surface area (Å²) in [5.74, 6) is 0.899. The Morgan fingerprint density at radius 2 is 2.38 bits per heavy atom. The van der Waals surface area contributed by atoms with E-state index in [1.54, 1.807) is 0 Å². The van der Waals surface area contributed by atoms with Crippen LogP contribution in [0.1, 0.15) is 26.7 Å². The molecule has 0 saturated carbocycles. The van der Waals surface area contributed by atoms with Gasteiger partial charge in [0.05, 0.1) is 0 Å². The summed E-state index contributed by atoms with van der Waals surface area (Å²) in [6.07, 6.45) is 1.83. The standard InChI is InChI=1S/C10H20N2O/c1-3-11-5-4-6-12-8-9(2)7-10(12)13/h9,11H,3-8H2,1-2H3. The first-order valence-corrected chi connectivity index (χ1v) is 5.22. The number of hydrogen-bond acceptors (Lipinski definition) is 2. The normalized spacial score (nSPS) is 22.8. The predicted molar refractivity (Wildman–Crippen MR) is 53.5 cm³/mol. The minimum absolute atomic E-state index is 0.337. The fourth-order valence-electron chi connectivity index (χ4n) is 1.76. The van der Waals surface area contributed by atoms with Gasteiger partial charge in [0.1, 0.15) is 0 Å². The van der Waals surface area contributed by atoms with Gasteiger partial charge >= 0.3 is 0 Å². The van der Waals surface area contributed by atoms with Gasteiger partial charge in [0, 0.05) is 19.5 Å². The van der Waals surface area contributed by atoms with Gasteiger partial charge < -0.3 is 10.2 Å². The highest BCUT2D eigenvalue weighted by molar-refractivity contribution is 5.78. The van der Waals surface area contributed by atoms with Crippen molar-refractivity contribution in [2.45, 2.75) is 26.7 Å². The van der Waals surface area contributed by atoms with E-state index in [1.165, 1.54) is 0 Å². The molecule has 0 spiro atoms. The molecule has 0 aliphatic carbocycles. The summed E-state index contributed by atoms with van der Waals surface area (Å²) >= 11 is 0. The third-order valence-corrected chi connectivity index (χ3v) is 2.44. The summed E-state index contributed by atoms with van der Waals surface area (Å²) in [4.78, 5) is 13.3. The zero-order valence-electron chi connectivity index (χ0n) is 8.68. The van der Waals surface area contributed by atoms with Gasteiger partial charge in [-0.15, -0.1) is 0 Å². The summed E-state index contributed by atoms with van der Waals surface area (Å²) in [7, 11) is 0. The Balaban J connectivity index is 2.11. The lowest BCUT2D eigenvalue weighted by molar-refractivity contribution is -0.127. The molecule has 76 valence electrons. The average Bonchev–Trinajstić information content (AvgIpc) is 2.39. The largest absolute Gasteiger partial charge is 0.342 e. The summed E-state index contributed by atoms with van der Waals surface area (Å²) in [5.41, 5.74) is 0. The van der Waals surface area contributed by atoms with Gasteiger partial charge in [-0.05, 0) is 25.4 Å². The first-order chi connectivity index (χ1) is 6.24. The van der Waals surface area contributed by atoms with Crippen molar-refractivity contribution in [3.8, 4) is 0 Å². The molecule has 13 heavy (non-hydrogen) atoms. The van der Waals surface area contributed by atoms with E-state index in [0.717, 1.165) is 39.0 Å². The fraction of sp³-hybridized carbons (Fsp3) is 0.900. The molecule has 1 rings (SSSR count). The van der Waals surface area contributed by atoms with Crippen molar-refractivity contribution in [3.63, 3.8) is 0 Å². The maximum atomic E-state index is 11.4. The van der Waals surface area contributed by atoms with Crippen LogP contribution in [0.3, 0.4) is 0 Å². The van der Waals surface area contributed by atoms with Gasteiger partial charge in [-0.2, -0.15) is 0 Å². The molecular formula is C10H20N2O. The van der Waals surface area contributed by atoms with E-state index < -0.39 is 0 Å². The van der Waals surface area contributed by atoms with Crippen LogP contribution >= 0.6 is 0 Å². The lowest BCUT2D eigenvalue weighted by Gasteiger charge is -2.15. The van der Waals surface area contributed by atoms with Crippen LogP contribution in [0.5, 0.6) is 0 Å². The van der Waals surface area contributed by atoms with E-state index in [1.807, 2.05) is 4.90 Å². The number of rotatable bonds is 5. The highest BCUT2D eigenvalue weighted by atomic mass is 16.2. The maximum Gasteiger partial charge on any atom is 0.222 e. The van der Waals surface area contributed by atoms with Crippen molar-refractivity contribution >= 4 is 5.91 Å². The summed E-state index contributed by atoms with van der Waals surface area (Å²) in [6, 6.07) is 0. The van der Waals surface area contributed by atoms with Crippen molar-refractivity contribution in [1.82, 2.24) is 10.2 Å². The minimum atomic E-state index is 0.337. The van der Waals surface area contributed by atoms with Crippen molar-refractivity contribution in [2.24, 2.45) is 5.92 Å². The van der Waals surface area contributed by atoms with Crippen LogP contribution in [0.4, 0.5) is 0 Å². The Kier molecular flexibility index (Phi) is 4.22. The minimum Gasteiger partial charge on any atom is -0.342 e. The van der Waals surface area contributed by atoms with Gasteiger partial charge in [-0.1, -0.05) is 13.8 Å². The van der Waals surface area contributed by atoms with Gasteiger partial charge in [-0.25, -0.2) is 0 Å². The fourth-order valence-corrected chi connectivity index (χ4v) is 1.76. The van der Waals surface area contributed by atoms with E-state index in [2.05, 4.69) is 19.2 Å². The van der Waals surface area contributed by atoms with Gasteiger partial charge in [0.2, 0.25) is 5.91 Å². The number of carbonyl (C=O) groups is 1. The SMILES string of the molecule is CCNCCCN1CC(C)CC1=O. The Morgan fingerprint density at radius 3 is 2.92 bits per heavy atom. The number of likely N-dealkylation sites (tertiary alicyclic amines) is 1. The monoisotopic (exact) mass is 184 g/mol. The highest BCUT2D eigenvalue weighted by Crippen LogP contribution is 2.16. The molecule has 0 radical (unpaired) electrons. The molecular weight excluding hydrogens is 164 g/mol. The van der Waals surface area contributed by atoms with E-state index in [-0.39, 0.29) is 0 Å². The molecule has 1 saturated heterocycles. The topological polar surface area (TPSA) is 32.3 Å². The zero-order valence-corrected chi connectivity index (χ0v) is 8.68. The second-order valence-electron chi connectivity index (χ2n) is 3.86. The maximum absolute atomic E-state index is 11.4. The van der Waals surface area contributed by atoms with Crippen LogP contribution in [0.15, 0.2) is 0 Å². The van der Waals surface area contributed by atoms with Crippen LogP contribution in [0.25, 0.3) is 0 Å². The Hall–Kier alpha value is -0.570. The molecule has 3 nitrogen and oxygen atoms in total. The van der Waals surface area contributed by atoms with E-state index >= 15 is 0 Å². The Bertz CT molecular complexity index is 170. The van der Waals surface area contributed by atoms with Crippen LogP contribution < -0.4 is 5.32 Å². The molecule has 0 aromatic rings. The second-order valence-corrected chi connectivity index (χ2v) is 3.86. The number of hydrogen-bond donors (Lipinski definition) is 1. The van der Waals surface area contributed by atoms with Crippen molar-refractivity contribution in [1.29, 1.82) is 0 Å². The first kappa shape index (κ1) is 10.5. The molecule has 0 aromatic heterocycles. The number of carbonyl (C=O) groups excluding carboxylic acids is 1. The van der Waals surface area contributed by atoms with Crippen molar-refractivity contribution in [2.75, 3.05) is 26.2 Å². The molecule has 1 aliphatic rings. The zero-order chi connectivity index (χ0) is 9.68. The summed E-state index contributed by atoms with van der Waals surface area (Å²) in [6.45, 7) is 8.17. The lowest BCUT2D eigenvalue weighted by Crippen LogP contribution is -2.28. The Morgan fingerprint density at radius 1 is 1.62 bits per heavy atom. The summed E-state index contributed by atoms with van der Waals surface area (Å²) < 4.78 is 0. The van der Waals surface area contributed by atoms with Gasteiger partial charge in [0.15, 0.2) is 0 Å². The highest BCUT2D eigenvalue weighted by Gasteiger charge is 2.25. The number of nitrogens with zero attached hydrogens (tertiary/aromatic N) is 1. The molecule has 1 aliphatic heterocycles. The Labute approximate surface area is 80.5 Å². The predicted octanol–water partition coefficient (Wildman–Crippen LogP) is 0.854. The van der Waals surface area contributed by atoms with E-state index in [0.29, 0.717) is 11.8 Å². The molecule has 1 heterocycles. The quantitative estimate of drug-likeness (QED) is 0.643. The number of amides is 1. The van der Waals surface area contributed by atoms with Gasteiger partial charge in [0.25, 0.3) is 0 Å². The molecule has 1 amide bonds. The molecule has 0 bridgehead atoms. The van der Waals surface area contributed by atoms with Crippen molar-refractivity contribution < 1.29 is 4.79 Å². The third-order valence-electron chi connectivity index (χ3n) is 2.44. The van der Waals surface area contributed by atoms with Crippen LogP contribution in [-0.2, 0) is 4.79 Å². The molecule has 1 fully saturated rings. The molecule has 3 heteroatoms. The summed E-state index contributed by atoms with van der Waals surface area (Å²) in [5, 5.41) is 3.26. The molecule has 1 atom stereocenters. The van der Waals surface area contributed by atoms with E-state index in [4.69, 9.17) is 0 Å². The van der Waals surface area contributed by atoms with Crippen LogP contribution in [0, 0.1) is 5.92 Å². The van der Waals surface area contributed by atoms with Crippen molar-refractivity contribution in [3.05, 3.63) is 0 Å². The lowest BCUT2D eigenvalue weighted by atomic mass is 10.2. The first-order valence-electron chi connectivity index (χ1n) is 5.22. The second kappa shape index (κ2) is 5.22. The average molecular weight is 184 g/mol. The smallest absolute Gasteiger partial charge is 0.222 e. The van der Waals surface area contributed by atoms with Crippen LogP contribution in [-0.4, -0.2) is 37.0 Å². The number of nitrogens with one attached hydrogen (secondary N) is 1. The van der Waals surface area contributed by atoms with Gasteiger partial charge in [-0.3, -0.25) is 4.79 Å². The van der Waals surface area contributed by atoms with Crippen LogP contribution in [0.2, 0.25) is 0 Å².